The average Bonchev–Trinajstić information content (AvgIpc) is 3.45. The number of aromatic nitrogens is 5. The van der Waals surface area contributed by atoms with E-state index in [1.54, 1.807) is 48.8 Å². The van der Waals surface area contributed by atoms with Crippen LogP contribution in [0, 0.1) is 0 Å². The lowest BCUT2D eigenvalue weighted by molar-refractivity contribution is -0.137. The molecule has 13 heteroatoms. The Hall–Kier alpha value is -4.45. The number of carbonyl (C=O) groups is 3. The Morgan fingerprint density at radius 3 is 2.66 bits per heavy atom. The fourth-order valence-electron chi connectivity index (χ4n) is 4.38. The molecule has 4 aromatic rings. The molecular weight excluding hydrogens is 515 g/mol. The Morgan fingerprint density at radius 2 is 1.92 bits per heavy atom. The molecule has 0 spiro atoms. The van der Waals surface area contributed by atoms with Crippen molar-refractivity contribution in [3.05, 3.63) is 66.0 Å². The summed E-state index contributed by atoms with van der Waals surface area (Å²) >= 11 is 5.87. The number of pyridine rings is 1. The van der Waals surface area contributed by atoms with Crippen LogP contribution in [0.3, 0.4) is 0 Å². The Morgan fingerprint density at radius 1 is 1.13 bits per heavy atom. The molecule has 1 aliphatic heterocycles. The van der Waals surface area contributed by atoms with E-state index >= 15 is 0 Å². The van der Waals surface area contributed by atoms with Crippen molar-refractivity contribution in [1.82, 2.24) is 29.6 Å². The number of halogens is 2. The summed E-state index contributed by atoms with van der Waals surface area (Å²) < 4.78 is 15.8. The highest BCUT2D eigenvalue weighted by Crippen LogP contribution is 2.27. The molecule has 1 aromatic carbocycles. The van der Waals surface area contributed by atoms with Crippen LogP contribution in [0.15, 0.2) is 55.1 Å². The van der Waals surface area contributed by atoms with Crippen molar-refractivity contribution in [2.45, 2.75) is 32.1 Å². The molecule has 1 aliphatic rings. The van der Waals surface area contributed by atoms with E-state index in [-0.39, 0.29) is 42.0 Å². The van der Waals surface area contributed by atoms with Crippen LogP contribution in [0.25, 0.3) is 10.9 Å². The first-order chi connectivity index (χ1) is 18.3. The second-order valence-electron chi connectivity index (χ2n) is 8.78. The summed E-state index contributed by atoms with van der Waals surface area (Å²) in [4.78, 5) is 51.6. The molecule has 2 amide bonds. The first-order valence-electron chi connectivity index (χ1n) is 11.7. The molecule has 1 saturated heterocycles. The third kappa shape index (κ3) is 5.30. The van der Waals surface area contributed by atoms with Crippen LogP contribution in [-0.2, 0) is 16.1 Å². The average molecular weight is 537 g/mol. The lowest BCUT2D eigenvalue weighted by Gasteiger charge is -2.23. The second-order valence-corrected chi connectivity index (χ2v) is 9.16. The molecule has 2 atom stereocenters. The van der Waals surface area contributed by atoms with Crippen molar-refractivity contribution in [3.8, 4) is 0 Å². The molecule has 5 rings (SSSR count). The third-order valence-corrected chi connectivity index (χ3v) is 6.27. The van der Waals surface area contributed by atoms with Gasteiger partial charge in [-0.2, -0.15) is 5.10 Å². The molecular formula is C25H22ClFN8O3. The van der Waals surface area contributed by atoms with E-state index in [2.05, 4.69) is 30.7 Å². The topological polar surface area (TPSA) is 135 Å². The van der Waals surface area contributed by atoms with Crippen LogP contribution < -0.4 is 10.6 Å². The van der Waals surface area contributed by atoms with Crippen molar-refractivity contribution in [2.24, 2.45) is 0 Å². The number of ketones is 1. The minimum Gasteiger partial charge on any atom is -0.353 e. The molecule has 0 bridgehead atoms. The molecule has 2 N–H and O–H groups in total. The van der Waals surface area contributed by atoms with Crippen molar-refractivity contribution < 1.29 is 18.8 Å². The highest BCUT2D eigenvalue weighted by molar-refractivity contribution is 6.29. The molecule has 4 heterocycles. The molecule has 3 aromatic heterocycles. The predicted octanol–water partition coefficient (Wildman–Crippen LogP) is 3.40. The molecule has 1 fully saturated rings. The van der Waals surface area contributed by atoms with Gasteiger partial charge in [0.1, 0.15) is 41.8 Å². The van der Waals surface area contributed by atoms with Gasteiger partial charge in [0.2, 0.25) is 11.8 Å². The summed E-state index contributed by atoms with van der Waals surface area (Å²) in [6.45, 7) is 0.873. The number of fused-ring (bicyclic) bond motifs is 1. The Balaban J connectivity index is 1.38. The lowest BCUT2D eigenvalue weighted by atomic mass is 10.1. The van der Waals surface area contributed by atoms with Gasteiger partial charge < -0.3 is 15.5 Å². The fraction of sp³-hybridized carbons (Fsp3) is 0.240. The molecule has 38 heavy (non-hydrogen) atoms. The number of amides is 2. The number of anilines is 3. The van der Waals surface area contributed by atoms with E-state index in [1.165, 1.54) is 22.8 Å². The number of hydrogen-bond acceptors (Lipinski definition) is 8. The van der Waals surface area contributed by atoms with Gasteiger partial charge in [-0.15, -0.1) is 0 Å². The van der Waals surface area contributed by atoms with Crippen molar-refractivity contribution in [3.63, 3.8) is 0 Å². The summed E-state index contributed by atoms with van der Waals surface area (Å²) in [5.74, 6) is -1.15. The van der Waals surface area contributed by atoms with Gasteiger partial charge in [0.15, 0.2) is 5.78 Å². The largest absolute Gasteiger partial charge is 0.353 e. The molecule has 0 unspecified atom stereocenters. The summed E-state index contributed by atoms with van der Waals surface area (Å²) in [6, 6.07) is 8.92. The maximum atomic E-state index is 14.4. The van der Waals surface area contributed by atoms with Gasteiger partial charge in [0.25, 0.3) is 0 Å². The maximum absolute atomic E-state index is 14.4. The van der Waals surface area contributed by atoms with E-state index < -0.39 is 24.0 Å². The first-order valence-corrected chi connectivity index (χ1v) is 12.1. The Bertz CT molecular complexity index is 1530. The van der Waals surface area contributed by atoms with Gasteiger partial charge in [-0.3, -0.25) is 19.1 Å². The minimum atomic E-state index is -1.36. The summed E-state index contributed by atoms with van der Waals surface area (Å²) in [6.07, 6.45) is 3.12. The number of benzene rings is 1. The van der Waals surface area contributed by atoms with Crippen LogP contribution in [0.2, 0.25) is 5.15 Å². The first kappa shape index (κ1) is 25.2. The number of hydrogen-bond donors (Lipinski definition) is 2. The Kier molecular flexibility index (Phi) is 6.97. The monoisotopic (exact) mass is 536 g/mol. The van der Waals surface area contributed by atoms with Crippen molar-refractivity contribution in [1.29, 1.82) is 0 Å². The van der Waals surface area contributed by atoms with Gasteiger partial charge >= 0.3 is 0 Å². The fourth-order valence-corrected chi connectivity index (χ4v) is 4.55. The lowest BCUT2D eigenvalue weighted by Crippen LogP contribution is -2.44. The van der Waals surface area contributed by atoms with Crippen LogP contribution in [0.5, 0.6) is 0 Å². The van der Waals surface area contributed by atoms with Gasteiger partial charge in [0.05, 0.1) is 30.1 Å². The van der Waals surface area contributed by atoms with Crippen molar-refractivity contribution >= 4 is 57.3 Å². The molecule has 194 valence electrons. The number of rotatable bonds is 7. The SMILES string of the molecule is CC(=O)c1nn(CC(=O)N2C[C@H](F)C[C@H]2C(=O)Nc2cccc(Cl)n2)c2ccc(Nc3cncnc3)cc12. The molecule has 11 nitrogen and oxygen atoms in total. The number of alkyl halides is 1. The zero-order chi connectivity index (χ0) is 26.8. The van der Waals surface area contributed by atoms with Crippen LogP contribution in [0.1, 0.15) is 23.8 Å². The quantitative estimate of drug-likeness (QED) is 0.271. The van der Waals surface area contributed by atoms with E-state index in [1.807, 2.05) is 0 Å². The summed E-state index contributed by atoms with van der Waals surface area (Å²) in [5.41, 5.74) is 2.06. The second kappa shape index (κ2) is 10.5. The predicted molar refractivity (Wildman–Crippen MR) is 138 cm³/mol. The molecule has 0 radical (unpaired) electrons. The van der Waals surface area contributed by atoms with Crippen LogP contribution >= 0.6 is 11.6 Å². The minimum absolute atomic E-state index is 0.144. The van der Waals surface area contributed by atoms with Gasteiger partial charge in [-0.25, -0.2) is 19.3 Å². The standard InChI is InChI=1S/C25H22ClFN8O3/c1-14(36)24-18-8-16(30-17-9-28-13-29-10-17)5-6-19(18)35(33-24)12-23(37)34-11-15(27)7-20(34)25(38)32-22-4-2-3-21(26)31-22/h2-6,8-10,13,15,20,30H,7,11-12H2,1H3,(H,31,32,38)/t15-,20+/m1/s1. The highest BCUT2D eigenvalue weighted by Gasteiger charge is 2.40. The highest BCUT2D eigenvalue weighted by atomic mass is 35.5. The van der Waals surface area contributed by atoms with Gasteiger partial charge in [-0.1, -0.05) is 17.7 Å². The van der Waals surface area contributed by atoms with E-state index in [0.29, 0.717) is 22.3 Å². The molecule has 0 saturated carbocycles. The summed E-state index contributed by atoms with van der Waals surface area (Å²) in [7, 11) is 0. The third-order valence-electron chi connectivity index (χ3n) is 6.06. The smallest absolute Gasteiger partial charge is 0.248 e. The van der Waals surface area contributed by atoms with Gasteiger partial charge in [0, 0.05) is 24.4 Å². The normalized spacial score (nSPS) is 17.0. The number of Topliss-reactive ketones (excluding diaryl/α,β-unsaturated/α-hetero) is 1. The van der Waals surface area contributed by atoms with E-state index in [9.17, 15) is 18.8 Å². The summed E-state index contributed by atoms with van der Waals surface area (Å²) in [5, 5.41) is 10.8. The van der Waals surface area contributed by atoms with E-state index in [4.69, 9.17) is 11.6 Å². The molecule has 0 aliphatic carbocycles. The van der Waals surface area contributed by atoms with Gasteiger partial charge in [-0.05, 0) is 30.3 Å². The van der Waals surface area contributed by atoms with E-state index in [0.717, 1.165) is 0 Å². The Labute approximate surface area is 221 Å². The zero-order valence-corrected chi connectivity index (χ0v) is 20.9. The number of nitrogens with zero attached hydrogens (tertiary/aromatic N) is 6. The van der Waals surface area contributed by atoms with Crippen LogP contribution in [-0.4, -0.2) is 66.0 Å². The van der Waals surface area contributed by atoms with Crippen LogP contribution in [0.4, 0.5) is 21.6 Å². The number of likely N-dealkylation sites (tertiary alicyclic amines) is 1. The maximum Gasteiger partial charge on any atom is 0.248 e. The number of carbonyl (C=O) groups excluding carboxylic acids is 3. The van der Waals surface area contributed by atoms with Crippen molar-refractivity contribution in [2.75, 3.05) is 17.2 Å². The number of nitrogens with one attached hydrogen (secondary N) is 2. The zero-order valence-electron chi connectivity index (χ0n) is 20.1.